The lowest BCUT2D eigenvalue weighted by atomic mass is 9.99. The van der Waals surface area contributed by atoms with Crippen molar-refractivity contribution in [1.29, 1.82) is 0 Å². The first-order chi connectivity index (χ1) is 4.88. The second-order valence-corrected chi connectivity index (χ2v) is 3.26. The highest BCUT2D eigenvalue weighted by Gasteiger charge is 2.29. The monoisotopic (exact) mass is 140 g/mol. The maximum atomic E-state index is 8.52. The highest BCUT2D eigenvalue weighted by Crippen LogP contribution is 2.24. The summed E-state index contributed by atoms with van der Waals surface area (Å²) >= 11 is 0. The summed E-state index contributed by atoms with van der Waals surface area (Å²) in [6.45, 7) is 3.32. The zero-order chi connectivity index (χ0) is 6.97. The maximum absolute atomic E-state index is 8.52. The van der Waals surface area contributed by atoms with Crippen molar-refractivity contribution < 1.29 is 5.21 Å². The van der Waals surface area contributed by atoms with Gasteiger partial charge in [-0.1, -0.05) is 5.16 Å². The van der Waals surface area contributed by atoms with Gasteiger partial charge in [-0.15, -0.1) is 0 Å². The van der Waals surface area contributed by atoms with Crippen LogP contribution < -0.4 is 0 Å². The predicted molar refractivity (Wildman–Crippen MR) is 38.4 cm³/mol. The van der Waals surface area contributed by atoms with Crippen molar-refractivity contribution >= 4 is 5.71 Å². The van der Waals surface area contributed by atoms with Gasteiger partial charge in [-0.25, -0.2) is 0 Å². The summed E-state index contributed by atoms with van der Waals surface area (Å²) < 4.78 is 0. The van der Waals surface area contributed by atoms with E-state index in [1.54, 1.807) is 0 Å². The first-order valence-electron chi connectivity index (χ1n) is 3.80. The van der Waals surface area contributed by atoms with Crippen LogP contribution in [0.3, 0.4) is 0 Å². The third-order valence-corrected chi connectivity index (χ3v) is 2.44. The summed E-state index contributed by atoms with van der Waals surface area (Å²) in [6.07, 6.45) is 2.31. The van der Waals surface area contributed by atoms with Gasteiger partial charge < -0.3 is 5.21 Å². The van der Waals surface area contributed by atoms with Crippen molar-refractivity contribution in [3.63, 3.8) is 0 Å². The van der Waals surface area contributed by atoms with E-state index in [2.05, 4.69) is 10.1 Å². The Morgan fingerprint density at radius 2 is 2.50 bits per heavy atom. The molecule has 2 rings (SSSR count). The van der Waals surface area contributed by atoms with E-state index >= 15 is 0 Å². The van der Waals surface area contributed by atoms with Crippen LogP contribution in [0.5, 0.6) is 0 Å². The fraction of sp³-hybridized carbons (Fsp3) is 0.857. The lowest BCUT2D eigenvalue weighted by molar-refractivity contribution is 0.296. The van der Waals surface area contributed by atoms with Crippen molar-refractivity contribution in [1.82, 2.24) is 4.90 Å². The van der Waals surface area contributed by atoms with Crippen LogP contribution in [-0.2, 0) is 0 Å². The van der Waals surface area contributed by atoms with E-state index in [0.717, 1.165) is 24.6 Å². The third kappa shape index (κ3) is 0.904. The van der Waals surface area contributed by atoms with Crippen LogP contribution in [0.15, 0.2) is 5.16 Å². The second kappa shape index (κ2) is 2.23. The van der Waals surface area contributed by atoms with Crippen molar-refractivity contribution in [2.24, 2.45) is 11.1 Å². The van der Waals surface area contributed by atoms with Crippen LogP contribution >= 0.6 is 0 Å². The minimum absolute atomic E-state index is 0.777. The molecule has 3 nitrogen and oxygen atoms in total. The van der Waals surface area contributed by atoms with Gasteiger partial charge in [0.15, 0.2) is 0 Å². The van der Waals surface area contributed by atoms with Crippen LogP contribution in [0.25, 0.3) is 0 Å². The molecule has 2 bridgehead atoms. The van der Waals surface area contributed by atoms with Crippen LogP contribution in [-0.4, -0.2) is 35.5 Å². The van der Waals surface area contributed by atoms with E-state index in [4.69, 9.17) is 5.21 Å². The summed E-state index contributed by atoms with van der Waals surface area (Å²) in [6, 6.07) is 0. The molecule has 0 aromatic rings. The Labute approximate surface area is 60.3 Å². The molecule has 10 heavy (non-hydrogen) atoms. The molecule has 2 aliphatic heterocycles. The number of rotatable bonds is 0. The number of hydrogen-bond donors (Lipinski definition) is 1. The lowest BCUT2D eigenvalue weighted by Gasteiger charge is -2.21. The molecule has 0 aromatic heterocycles. The molecular weight excluding hydrogens is 128 g/mol. The minimum Gasteiger partial charge on any atom is -0.411 e. The Kier molecular flexibility index (Phi) is 1.38. The molecule has 0 aliphatic carbocycles. The van der Waals surface area contributed by atoms with Crippen molar-refractivity contribution in [3.8, 4) is 0 Å². The topological polar surface area (TPSA) is 35.8 Å². The Bertz CT molecular complexity index is 153. The van der Waals surface area contributed by atoms with E-state index in [1.807, 2.05) is 0 Å². The fourth-order valence-electron chi connectivity index (χ4n) is 1.95. The number of oxime groups is 1. The zero-order valence-corrected chi connectivity index (χ0v) is 5.95. The second-order valence-electron chi connectivity index (χ2n) is 3.26. The van der Waals surface area contributed by atoms with Crippen LogP contribution in [0, 0.1) is 5.92 Å². The number of hydrogen-bond acceptors (Lipinski definition) is 3. The fourth-order valence-corrected chi connectivity index (χ4v) is 1.95. The Balaban J connectivity index is 2.09. The average Bonchev–Trinajstić information content (AvgIpc) is 2.30. The normalized spacial score (nSPS) is 42.6. The van der Waals surface area contributed by atoms with Crippen molar-refractivity contribution in [3.05, 3.63) is 0 Å². The van der Waals surface area contributed by atoms with E-state index in [9.17, 15) is 0 Å². The number of piperidine rings is 1. The molecule has 2 aliphatic rings. The molecule has 2 saturated heterocycles. The SMILES string of the molecule is O/N=C1\CC2CCN(C1)C2. The number of nitrogens with zero attached hydrogens (tertiary/aromatic N) is 2. The van der Waals surface area contributed by atoms with Crippen molar-refractivity contribution in [2.45, 2.75) is 12.8 Å². The Hall–Kier alpha value is -0.570. The lowest BCUT2D eigenvalue weighted by Crippen LogP contribution is -2.33. The highest BCUT2D eigenvalue weighted by atomic mass is 16.4. The van der Waals surface area contributed by atoms with E-state index in [-0.39, 0.29) is 0 Å². The van der Waals surface area contributed by atoms with E-state index in [0.29, 0.717) is 0 Å². The zero-order valence-electron chi connectivity index (χ0n) is 5.95. The first kappa shape index (κ1) is 6.16. The van der Waals surface area contributed by atoms with Gasteiger partial charge in [0.05, 0.1) is 5.71 Å². The van der Waals surface area contributed by atoms with Gasteiger partial charge >= 0.3 is 0 Å². The smallest absolute Gasteiger partial charge is 0.0713 e. The van der Waals surface area contributed by atoms with Crippen molar-refractivity contribution in [2.75, 3.05) is 19.6 Å². The van der Waals surface area contributed by atoms with Crippen LogP contribution in [0.4, 0.5) is 0 Å². The average molecular weight is 140 g/mol. The molecule has 1 N–H and O–H groups in total. The van der Waals surface area contributed by atoms with Gasteiger partial charge in [-0.3, -0.25) is 4.90 Å². The molecule has 0 spiro atoms. The molecule has 3 heteroatoms. The van der Waals surface area contributed by atoms with Gasteiger partial charge in [0.1, 0.15) is 0 Å². The van der Waals surface area contributed by atoms with Gasteiger partial charge in [0.2, 0.25) is 0 Å². The molecule has 0 aromatic carbocycles. The Morgan fingerprint density at radius 3 is 3.20 bits per heavy atom. The summed E-state index contributed by atoms with van der Waals surface area (Å²) in [5, 5.41) is 11.8. The molecular formula is C7H12N2O. The first-order valence-corrected chi connectivity index (χ1v) is 3.80. The standard InChI is InChI=1S/C7H12N2O/c10-8-7-3-6-1-2-9(4-6)5-7/h6,10H,1-5H2/b8-7+. The molecule has 56 valence electrons. The minimum atomic E-state index is 0.777. The molecule has 2 heterocycles. The molecule has 2 atom stereocenters. The van der Waals surface area contributed by atoms with Gasteiger partial charge in [0, 0.05) is 13.1 Å². The molecule has 0 saturated carbocycles. The Morgan fingerprint density at radius 1 is 1.60 bits per heavy atom. The largest absolute Gasteiger partial charge is 0.411 e. The van der Waals surface area contributed by atoms with Crippen LogP contribution in [0.1, 0.15) is 12.8 Å². The summed E-state index contributed by atoms with van der Waals surface area (Å²) in [7, 11) is 0. The summed E-state index contributed by atoms with van der Waals surface area (Å²) in [5.74, 6) is 0.777. The van der Waals surface area contributed by atoms with E-state index in [1.165, 1.54) is 19.5 Å². The quantitative estimate of drug-likeness (QED) is 0.394. The molecule has 2 unspecified atom stereocenters. The number of fused-ring (bicyclic) bond motifs is 2. The maximum Gasteiger partial charge on any atom is 0.0713 e. The van der Waals surface area contributed by atoms with E-state index < -0.39 is 0 Å². The third-order valence-electron chi connectivity index (χ3n) is 2.44. The molecule has 0 radical (unpaired) electrons. The highest BCUT2D eigenvalue weighted by molar-refractivity contribution is 5.87. The molecule has 0 amide bonds. The summed E-state index contributed by atoms with van der Waals surface area (Å²) in [5.41, 5.74) is 0.966. The summed E-state index contributed by atoms with van der Waals surface area (Å²) in [4.78, 5) is 2.35. The van der Waals surface area contributed by atoms with Gasteiger partial charge in [-0.2, -0.15) is 0 Å². The van der Waals surface area contributed by atoms with Gasteiger partial charge in [-0.05, 0) is 25.3 Å². The molecule has 2 fully saturated rings. The van der Waals surface area contributed by atoms with Gasteiger partial charge in [0.25, 0.3) is 0 Å². The van der Waals surface area contributed by atoms with Crippen LogP contribution in [0.2, 0.25) is 0 Å². The predicted octanol–water partition coefficient (Wildman–Crippen LogP) is 0.542.